The summed E-state index contributed by atoms with van der Waals surface area (Å²) in [5.74, 6) is -0.114. The van der Waals surface area contributed by atoms with E-state index in [9.17, 15) is 15.0 Å². The molecule has 0 saturated heterocycles. The average molecular weight is 396 g/mol. The molecular formula is C23H16N4O3. The van der Waals surface area contributed by atoms with Crippen molar-refractivity contribution >= 4 is 27.6 Å². The Balaban J connectivity index is 1.55. The molecular weight excluding hydrogens is 380 g/mol. The molecule has 0 spiro atoms. The highest BCUT2D eigenvalue weighted by molar-refractivity contribution is 6.08. The number of nitrogens with zero attached hydrogens (tertiary/aromatic N) is 3. The van der Waals surface area contributed by atoms with Crippen molar-refractivity contribution in [3.05, 3.63) is 90.1 Å². The maximum absolute atomic E-state index is 13.0. The fourth-order valence-electron chi connectivity index (χ4n) is 3.47. The first-order valence-corrected chi connectivity index (χ1v) is 9.30. The Morgan fingerprint density at radius 3 is 2.73 bits per heavy atom. The van der Waals surface area contributed by atoms with E-state index < -0.39 is 6.29 Å². The third-order valence-electron chi connectivity index (χ3n) is 4.99. The van der Waals surface area contributed by atoms with Crippen LogP contribution in [0.15, 0.2) is 73.2 Å². The number of aliphatic hydroxyl groups excluding tert-OH is 1. The number of hydrogen-bond acceptors (Lipinski definition) is 6. The van der Waals surface area contributed by atoms with Gasteiger partial charge >= 0.3 is 0 Å². The summed E-state index contributed by atoms with van der Waals surface area (Å²) >= 11 is 0. The van der Waals surface area contributed by atoms with Crippen LogP contribution in [0.3, 0.4) is 0 Å². The molecule has 2 aromatic carbocycles. The van der Waals surface area contributed by atoms with Gasteiger partial charge in [0.2, 0.25) is 5.78 Å². The van der Waals surface area contributed by atoms with Crippen LogP contribution in [0.4, 0.5) is 0 Å². The van der Waals surface area contributed by atoms with Gasteiger partial charge in [-0.2, -0.15) is 0 Å². The van der Waals surface area contributed by atoms with E-state index in [1.807, 2.05) is 24.3 Å². The van der Waals surface area contributed by atoms with Gasteiger partial charge in [-0.3, -0.25) is 14.8 Å². The average Bonchev–Trinajstić information content (AvgIpc) is 3.21. The Bertz CT molecular complexity index is 1400. The molecule has 3 aromatic heterocycles. The quantitative estimate of drug-likeness (QED) is 0.317. The molecule has 0 radical (unpaired) electrons. The second kappa shape index (κ2) is 7.14. The summed E-state index contributed by atoms with van der Waals surface area (Å²) in [6, 6.07) is 16.0. The molecule has 5 rings (SSSR count). The number of rotatable bonds is 4. The first-order valence-electron chi connectivity index (χ1n) is 9.30. The van der Waals surface area contributed by atoms with Gasteiger partial charge in [0.1, 0.15) is 0 Å². The molecule has 0 unspecified atom stereocenters. The molecule has 5 aromatic rings. The Morgan fingerprint density at radius 2 is 1.87 bits per heavy atom. The Hall–Kier alpha value is -3.94. The molecule has 0 aliphatic carbocycles. The lowest BCUT2D eigenvalue weighted by Crippen LogP contribution is -2.04. The standard InChI is InChI=1S/C23H16N4O3/c28-21(22-26-18-6-5-14(23(29)30)10-20(18)27-22)13-7-8-25-19(9-13)17-12-24-11-15-3-1-2-4-16(15)17/h1-12,23,29-30H,(H,26,27). The van der Waals surface area contributed by atoms with Crippen molar-refractivity contribution in [3.8, 4) is 11.3 Å². The normalized spacial score (nSPS) is 11.4. The number of hydrogen-bond donors (Lipinski definition) is 3. The van der Waals surface area contributed by atoms with E-state index in [1.165, 1.54) is 0 Å². The second-order valence-electron chi connectivity index (χ2n) is 6.90. The van der Waals surface area contributed by atoms with E-state index in [0.717, 1.165) is 16.3 Å². The van der Waals surface area contributed by atoms with E-state index in [2.05, 4.69) is 19.9 Å². The number of carbonyl (C=O) groups is 1. The fraction of sp³-hybridized carbons (Fsp3) is 0.0435. The van der Waals surface area contributed by atoms with E-state index >= 15 is 0 Å². The number of fused-ring (bicyclic) bond motifs is 2. The molecule has 7 nitrogen and oxygen atoms in total. The number of benzene rings is 2. The number of ketones is 1. The molecule has 3 N–H and O–H groups in total. The van der Waals surface area contributed by atoms with Crippen molar-refractivity contribution in [1.29, 1.82) is 0 Å². The number of H-pyrrole nitrogens is 1. The molecule has 0 amide bonds. The maximum Gasteiger partial charge on any atom is 0.228 e. The second-order valence-corrected chi connectivity index (χ2v) is 6.90. The summed E-state index contributed by atoms with van der Waals surface area (Å²) in [4.78, 5) is 29.1. The third-order valence-corrected chi connectivity index (χ3v) is 4.99. The van der Waals surface area contributed by atoms with Crippen LogP contribution in [0.2, 0.25) is 0 Å². The summed E-state index contributed by atoms with van der Waals surface area (Å²) in [6.07, 6.45) is 3.53. The minimum atomic E-state index is -1.59. The summed E-state index contributed by atoms with van der Waals surface area (Å²) in [6.45, 7) is 0. The van der Waals surface area contributed by atoms with E-state index in [1.54, 1.807) is 48.9 Å². The zero-order chi connectivity index (χ0) is 20.7. The SMILES string of the molecule is O=C(c1ccnc(-c2cncc3ccccc23)c1)c1nc2ccc(C(O)O)cc2[nH]1. The minimum absolute atomic E-state index is 0.169. The van der Waals surface area contributed by atoms with Gasteiger partial charge in [0.15, 0.2) is 12.1 Å². The van der Waals surface area contributed by atoms with E-state index in [-0.39, 0.29) is 11.6 Å². The molecule has 0 aliphatic heterocycles. The van der Waals surface area contributed by atoms with Crippen LogP contribution in [0.1, 0.15) is 28.0 Å². The molecule has 30 heavy (non-hydrogen) atoms. The van der Waals surface area contributed by atoms with Crippen LogP contribution in [-0.2, 0) is 0 Å². The number of nitrogens with one attached hydrogen (secondary N) is 1. The molecule has 0 aliphatic rings. The van der Waals surface area contributed by atoms with Crippen molar-refractivity contribution < 1.29 is 15.0 Å². The lowest BCUT2D eigenvalue weighted by molar-refractivity contribution is -0.0424. The van der Waals surface area contributed by atoms with Crippen LogP contribution < -0.4 is 0 Å². The number of aliphatic hydroxyl groups is 2. The monoisotopic (exact) mass is 396 g/mol. The predicted octanol–water partition coefficient (Wildman–Crippen LogP) is 3.39. The van der Waals surface area contributed by atoms with Crippen molar-refractivity contribution in [2.24, 2.45) is 0 Å². The van der Waals surface area contributed by atoms with Crippen LogP contribution in [0.5, 0.6) is 0 Å². The van der Waals surface area contributed by atoms with E-state index in [4.69, 9.17) is 0 Å². The van der Waals surface area contributed by atoms with Gasteiger partial charge < -0.3 is 15.2 Å². The maximum atomic E-state index is 13.0. The van der Waals surface area contributed by atoms with Crippen LogP contribution >= 0.6 is 0 Å². The van der Waals surface area contributed by atoms with Gasteiger partial charge in [0.05, 0.1) is 16.7 Å². The third kappa shape index (κ3) is 3.12. The largest absolute Gasteiger partial charge is 0.364 e. The topological polar surface area (TPSA) is 112 Å². The number of imidazole rings is 1. The highest BCUT2D eigenvalue weighted by Gasteiger charge is 2.17. The van der Waals surface area contributed by atoms with Gasteiger partial charge in [-0.1, -0.05) is 30.3 Å². The Kier molecular flexibility index (Phi) is 4.31. The summed E-state index contributed by atoms with van der Waals surface area (Å²) in [7, 11) is 0. The smallest absolute Gasteiger partial charge is 0.228 e. The molecule has 0 atom stereocenters. The molecule has 0 bridgehead atoms. The Labute approximate surface area is 170 Å². The number of aromatic amines is 1. The minimum Gasteiger partial charge on any atom is -0.364 e. The van der Waals surface area contributed by atoms with Gasteiger partial charge in [-0.05, 0) is 29.7 Å². The molecule has 0 fully saturated rings. The summed E-state index contributed by atoms with van der Waals surface area (Å²) in [5.41, 5.74) is 3.36. The molecule has 146 valence electrons. The molecule has 0 saturated carbocycles. The lowest BCUT2D eigenvalue weighted by Gasteiger charge is -2.06. The number of pyridine rings is 2. The molecule has 3 heterocycles. The number of aromatic nitrogens is 4. The molecule has 7 heteroatoms. The van der Waals surface area contributed by atoms with Crippen LogP contribution in [0.25, 0.3) is 33.1 Å². The predicted molar refractivity (Wildman–Crippen MR) is 112 cm³/mol. The van der Waals surface area contributed by atoms with Crippen molar-refractivity contribution in [3.63, 3.8) is 0 Å². The first-order chi connectivity index (χ1) is 14.6. The number of carbonyl (C=O) groups excluding carboxylic acids is 1. The van der Waals surface area contributed by atoms with Crippen molar-refractivity contribution in [2.45, 2.75) is 6.29 Å². The summed E-state index contributed by atoms with van der Waals surface area (Å²) in [5, 5.41) is 20.7. The summed E-state index contributed by atoms with van der Waals surface area (Å²) < 4.78 is 0. The van der Waals surface area contributed by atoms with Gasteiger partial charge in [-0.15, -0.1) is 0 Å². The highest BCUT2D eigenvalue weighted by Crippen LogP contribution is 2.27. The fourth-order valence-corrected chi connectivity index (χ4v) is 3.47. The zero-order valence-corrected chi connectivity index (χ0v) is 15.6. The van der Waals surface area contributed by atoms with Crippen LogP contribution in [-0.4, -0.2) is 35.9 Å². The highest BCUT2D eigenvalue weighted by atomic mass is 16.5. The van der Waals surface area contributed by atoms with Crippen LogP contribution in [0, 0.1) is 0 Å². The van der Waals surface area contributed by atoms with Crippen molar-refractivity contribution in [2.75, 3.05) is 0 Å². The van der Waals surface area contributed by atoms with Gasteiger partial charge in [0.25, 0.3) is 0 Å². The lowest BCUT2D eigenvalue weighted by atomic mass is 10.0. The van der Waals surface area contributed by atoms with Gasteiger partial charge in [0, 0.05) is 40.7 Å². The Morgan fingerprint density at radius 1 is 1.00 bits per heavy atom. The zero-order valence-electron chi connectivity index (χ0n) is 15.6. The first kappa shape index (κ1) is 18.1. The van der Waals surface area contributed by atoms with Crippen molar-refractivity contribution in [1.82, 2.24) is 19.9 Å². The van der Waals surface area contributed by atoms with Gasteiger partial charge in [-0.25, -0.2) is 4.98 Å². The van der Waals surface area contributed by atoms with E-state index in [0.29, 0.717) is 27.9 Å².